The lowest BCUT2D eigenvalue weighted by molar-refractivity contribution is -0.384. The summed E-state index contributed by atoms with van der Waals surface area (Å²) in [7, 11) is 3.07. The predicted molar refractivity (Wildman–Crippen MR) is 91.5 cm³/mol. The number of nitrogens with zero attached hydrogens (tertiary/aromatic N) is 1. The lowest BCUT2D eigenvalue weighted by atomic mass is 10.1. The van der Waals surface area contributed by atoms with Crippen LogP contribution in [0.4, 0.5) is 5.69 Å². The summed E-state index contributed by atoms with van der Waals surface area (Å²) < 4.78 is 15.4. The highest BCUT2D eigenvalue weighted by Crippen LogP contribution is 2.25. The molecule has 0 saturated heterocycles. The number of rotatable bonds is 7. The second-order valence-electron chi connectivity index (χ2n) is 4.98. The van der Waals surface area contributed by atoms with E-state index in [1.807, 2.05) is 0 Å². The highest BCUT2D eigenvalue weighted by Gasteiger charge is 2.07. The largest absolute Gasteiger partial charge is 0.497 e. The molecule has 7 heteroatoms. The monoisotopic (exact) mass is 343 g/mol. The Bertz CT molecular complexity index is 800. The first-order chi connectivity index (χ1) is 12.0. The van der Waals surface area contributed by atoms with Crippen molar-refractivity contribution in [2.75, 3.05) is 14.2 Å². The van der Waals surface area contributed by atoms with Crippen molar-refractivity contribution >= 4 is 17.7 Å². The first-order valence-corrected chi connectivity index (χ1v) is 7.33. The van der Waals surface area contributed by atoms with Crippen LogP contribution in [0.25, 0.3) is 6.08 Å². The van der Waals surface area contributed by atoms with Crippen LogP contribution in [0.3, 0.4) is 0 Å². The summed E-state index contributed by atoms with van der Waals surface area (Å²) in [5.41, 5.74) is 1.15. The number of hydrogen-bond acceptors (Lipinski definition) is 6. The quantitative estimate of drug-likeness (QED) is 0.331. The van der Waals surface area contributed by atoms with Crippen LogP contribution in [-0.2, 0) is 16.1 Å². The molecular weight excluding hydrogens is 326 g/mol. The molecule has 0 aromatic heterocycles. The smallest absolute Gasteiger partial charge is 0.331 e. The fraction of sp³-hybridized carbons (Fsp3) is 0.167. The van der Waals surface area contributed by atoms with E-state index in [4.69, 9.17) is 14.2 Å². The van der Waals surface area contributed by atoms with Gasteiger partial charge < -0.3 is 14.2 Å². The number of non-ortho nitro benzene ring substituents is 1. The highest BCUT2D eigenvalue weighted by molar-refractivity contribution is 5.87. The molecule has 0 radical (unpaired) electrons. The normalized spacial score (nSPS) is 10.5. The molecule has 7 nitrogen and oxygen atoms in total. The predicted octanol–water partition coefficient (Wildman–Crippen LogP) is 3.37. The molecule has 0 fully saturated rings. The second kappa shape index (κ2) is 8.49. The molecule has 130 valence electrons. The van der Waals surface area contributed by atoms with E-state index in [0.717, 1.165) is 0 Å². The zero-order valence-electron chi connectivity index (χ0n) is 13.8. The Morgan fingerprint density at radius 1 is 1.16 bits per heavy atom. The summed E-state index contributed by atoms with van der Waals surface area (Å²) in [5.74, 6) is 0.644. The van der Waals surface area contributed by atoms with E-state index in [1.54, 1.807) is 37.5 Å². The third kappa shape index (κ3) is 5.07. The molecular formula is C18H17NO6. The Balaban J connectivity index is 2.01. The number of carbonyl (C=O) groups is 1. The van der Waals surface area contributed by atoms with Gasteiger partial charge in [-0.3, -0.25) is 10.1 Å². The van der Waals surface area contributed by atoms with E-state index in [2.05, 4.69) is 0 Å². The summed E-state index contributed by atoms with van der Waals surface area (Å²) in [6, 6.07) is 11.1. The molecule has 0 amide bonds. The van der Waals surface area contributed by atoms with Gasteiger partial charge in [-0.1, -0.05) is 12.1 Å². The number of nitro benzene ring substituents is 1. The van der Waals surface area contributed by atoms with Gasteiger partial charge in [0.05, 0.1) is 19.1 Å². The zero-order valence-corrected chi connectivity index (χ0v) is 13.8. The molecule has 0 atom stereocenters. The topological polar surface area (TPSA) is 87.9 Å². The van der Waals surface area contributed by atoms with E-state index in [-0.39, 0.29) is 12.3 Å². The van der Waals surface area contributed by atoms with Gasteiger partial charge in [0.15, 0.2) is 0 Å². The van der Waals surface area contributed by atoms with Crippen LogP contribution < -0.4 is 9.47 Å². The zero-order chi connectivity index (χ0) is 18.2. The van der Waals surface area contributed by atoms with Crippen molar-refractivity contribution in [3.05, 3.63) is 69.8 Å². The maximum atomic E-state index is 11.8. The van der Waals surface area contributed by atoms with Crippen LogP contribution in [0.5, 0.6) is 11.5 Å². The summed E-state index contributed by atoms with van der Waals surface area (Å²) in [6.45, 7) is -0.0555. The Labute approximate surface area is 144 Å². The van der Waals surface area contributed by atoms with Crippen molar-refractivity contribution in [1.82, 2.24) is 0 Å². The summed E-state index contributed by atoms with van der Waals surface area (Å²) in [6.07, 6.45) is 2.81. The second-order valence-corrected chi connectivity index (χ2v) is 4.98. The van der Waals surface area contributed by atoms with Gasteiger partial charge in [-0.05, 0) is 29.8 Å². The molecule has 2 aromatic rings. The molecule has 0 unspecified atom stereocenters. The van der Waals surface area contributed by atoms with Gasteiger partial charge >= 0.3 is 5.97 Å². The molecule has 0 aliphatic carbocycles. The third-order valence-corrected chi connectivity index (χ3v) is 3.34. The first-order valence-electron chi connectivity index (χ1n) is 7.33. The summed E-state index contributed by atoms with van der Waals surface area (Å²) >= 11 is 0. The minimum absolute atomic E-state index is 0.0507. The van der Waals surface area contributed by atoms with Crippen LogP contribution >= 0.6 is 0 Å². The minimum Gasteiger partial charge on any atom is -0.497 e. The van der Waals surface area contributed by atoms with Gasteiger partial charge in [0.2, 0.25) is 0 Å². The van der Waals surface area contributed by atoms with Crippen LogP contribution in [0.2, 0.25) is 0 Å². The molecule has 0 heterocycles. The van der Waals surface area contributed by atoms with Gasteiger partial charge in [-0.25, -0.2) is 4.79 Å². The Hall–Kier alpha value is -3.35. The van der Waals surface area contributed by atoms with E-state index in [1.165, 1.54) is 31.4 Å². The van der Waals surface area contributed by atoms with Crippen LogP contribution in [0, 0.1) is 10.1 Å². The number of methoxy groups -OCH3 is 2. The first kappa shape index (κ1) is 18.0. The van der Waals surface area contributed by atoms with Crippen molar-refractivity contribution < 1.29 is 23.9 Å². The maximum absolute atomic E-state index is 11.8. The number of esters is 1. The molecule has 2 aromatic carbocycles. The van der Waals surface area contributed by atoms with Crippen LogP contribution in [-0.4, -0.2) is 25.1 Å². The summed E-state index contributed by atoms with van der Waals surface area (Å²) in [4.78, 5) is 22.1. The lowest BCUT2D eigenvalue weighted by Gasteiger charge is -2.07. The third-order valence-electron chi connectivity index (χ3n) is 3.34. The van der Waals surface area contributed by atoms with Crippen molar-refractivity contribution in [3.63, 3.8) is 0 Å². The number of hydrogen-bond donors (Lipinski definition) is 0. The number of nitro groups is 1. The average Bonchev–Trinajstić information content (AvgIpc) is 2.64. The van der Waals surface area contributed by atoms with Crippen molar-refractivity contribution in [1.29, 1.82) is 0 Å². The minimum atomic E-state index is -0.573. The van der Waals surface area contributed by atoms with Gasteiger partial charge in [0.1, 0.15) is 18.1 Å². The Morgan fingerprint density at radius 2 is 1.96 bits per heavy atom. The number of benzene rings is 2. The highest BCUT2D eigenvalue weighted by atomic mass is 16.6. The average molecular weight is 343 g/mol. The Morgan fingerprint density at radius 3 is 2.64 bits per heavy atom. The lowest BCUT2D eigenvalue weighted by Crippen LogP contribution is -2.01. The van der Waals surface area contributed by atoms with E-state index >= 15 is 0 Å². The fourth-order valence-corrected chi connectivity index (χ4v) is 2.09. The van der Waals surface area contributed by atoms with Gasteiger partial charge in [-0.2, -0.15) is 0 Å². The fourth-order valence-electron chi connectivity index (χ4n) is 2.09. The molecule has 0 aliphatic rings. The van der Waals surface area contributed by atoms with Gasteiger partial charge in [-0.15, -0.1) is 0 Å². The van der Waals surface area contributed by atoms with Crippen LogP contribution in [0.1, 0.15) is 11.1 Å². The van der Waals surface area contributed by atoms with Crippen molar-refractivity contribution in [3.8, 4) is 11.5 Å². The molecule has 0 N–H and O–H groups in total. The van der Waals surface area contributed by atoms with E-state index in [9.17, 15) is 14.9 Å². The molecule has 2 rings (SSSR count). The van der Waals surface area contributed by atoms with Gasteiger partial charge in [0, 0.05) is 23.8 Å². The molecule has 0 bridgehead atoms. The standard InChI is InChI=1S/C18H17NO6/c1-23-16-7-8-17(24-2)14(11-16)6-9-18(20)25-12-13-4-3-5-15(10-13)19(21)22/h3-11H,12H2,1-2H3/b9-6+. The SMILES string of the molecule is COc1ccc(OC)c(/C=C/C(=O)OCc2cccc([N+](=O)[O-])c2)c1. The van der Waals surface area contributed by atoms with Crippen LogP contribution in [0.15, 0.2) is 48.5 Å². The number of ether oxygens (including phenoxy) is 3. The molecule has 25 heavy (non-hydrogen) atoms. The van der Waals surface area contributed by atoms with Crippen molar-refractivity contribution in [2.45, 2.75) is 6.61 Å². The van der Waals surface area contributed by atoms with E-state index in [0.29, 0.717) is 22.6 Å². The van der Waals surface area contributed by atoms with Gasteiger partial charge in [0.25, 0.3) is 5.69 Å². The molecule has 0 saturated carbocycles. The molecule has 0 aliphatic heterocycles. The summed E-state index contributed by atoms with van der Waals surface area (Å²) in [5, 5.41) is 10.7. The Kier molecular flexibility index (Phi) is 6.11. The number of carbonyl (C=O) groups excluding carboxylic acids is 1. The molecule has 0 spiro atoms. The van der Waals surface area contributed by atoms with Crippen molar-refractivity contribution in [2.24, 2.45) is 0 Å². The maximum Gasteiger partial charge on any atom is 0.331 e. The van der Waals surface area contributed by atoms with E-state index < -0.39 is 10.9 Å².